The SMILES string of the molecule is OCCC/C(=C(\c1ccc(O)cc1)c1ccc(OCCN2CCCC2)cc1)[C@@H]1C=CC=CC1. The first-order chi connectivity index (χ1) is 16.2. The van der Waals surface area contributed by atoms with Gasteiger partial charge in [0.2, 0.25) is 0 Å². The molecule has 4 nitrogen and oxygen atoms in total. The Kier molecular flexibility index (Phi) is 8.40. The van der Waals surface area contributed by atoms with Crippen LogP contribution < -0.4 is 4.74 Å². The number of rotatable bonds is 10. The summed E-state index contributed by atoms with van der Waals surface area (Å²) < 4.78 is 6.02. The molecule has 174 valence electrons. The first-order valence-electron chi connectivity index (χ1n) is 12.2. The van der Waals surface area contributed by atoms with E-state index in [9.17, 15) is 10.2 Å². The average molecular weight is 446 g/mol. The minimum Gasteiger partial charge on any atom is -0.508 e. The van der Waals surface area contributed by atoms with Crippen LogP contribution in [0.1, 0.15) is 43.2 Å². The second-order valence-electron chi connectivity index (χ2n) is 8.85. The molecule has 1 aliphatic carbocycles. The molecule has 1 fully saturated rings. The summed E-state index contributed by atoms with van der Waals surface area (Å²) in [4.78, 5) is 2.46. The molecule has 0 radical (unpaired) electrons. The van der Waals surface area contributed by atoms with Crippen molar-refractivity contribution >= 4 is 5.57 Å². The van der Waals surface area contributed by atoms with E-state index in [1.54, 1.807) is 12.1 Å². The van der Waals surface area contributed by atoms with Crippen LogP contribution in [-0.4, -0.2) is 48.0 Å². The molecule has 1 atom stereocenters. The average Bonchev–Trinajstić information content (AvgIpc) is 3.37. The first-order valence-corrected chi connectivity index (χ1v) is 12.2. The quantitative estimate of drug-likeness (QED) is 0.502. The number of ether oxygens (including phenoxy) is 1. The molecule has 0 amide bonds. The van der Waals surface area contributed by atoms with E-state index in [0.717, 1.165) is 42.7 Å². The number of aliphatic hydroxyl groups excluding tert-OH is 1. The Balaban J connectivity index is 1.62. The van der Waals surface area contributed by atoms with Gasteiger partial charge in [-0.05, 0) is 86.2 Å². The molecular formula is C29H35NO3. The van der Waals surface area contributed by atoms with Gasteiger partial charge < -0.3 is 14.9 Å². The highest BCUT2D eigenvalue weighted by Gasteiger charge is 2.19. The number of nitrogens with zero attached hydrogens (tertiary/aromatic N) is 1. The van der Waals surface area contributed by atoms with E-state index in [4.69, 9.17) is 4.74 Å². The van der Waals surface area contributed by atoms with Crippen molar-refractivity contribution in [3.05, 3.63) is 89.5 Å². The lowest BCUT2D eigenvalue weighted by atomic mass is 9.81. The molecule has 1 saturated heterocycles. The van der Waals surface area contributed by atoms with E-state index in [-0.39, 0.29) is 12.4 Å². The van der Waals surface area contributed by atoms with E-state index >= 15 is 0 Å². The van der Waals surface area contributed by atoms with Crippen molar-refractivity contribution < 1.29 is 14.9 Å². The second kappa shape index (κ2) is 11.9. The van der Waals surface area contributed by atoms with Crippen molar-refractivity contribution in [3.8, 4) is 11.5 Å². The largest absolute Gasteiger partial charge is 0.508 e. The molecule has 0 aromatic heterocycles. The summed E-state index contributed by atoms with van der Waals surface area (Å²) >= 11 is 0. The third kappa shape index (κ3) is 6.37. The summed E-state index contributed by atoms with van der Waals surface area (Å²) in [5.41, 5.74) is 4.70. The molecule has 4 heteroatoms. The van der Waals surface area contributed by atoms with Crippen LogP contribution in [0.25, 0.3) is 5.57 Å². The Labute approximate surface area is 197 Å². The highest BCUT2D eigenvalue weighted by Crippen LogP contribution is 2.37. The van der Waals surface area contributed by atoms with Crippen LogP contribution >= 0.6 is 0 Å². The number of allylic oxidation sites excluding steroid dienone is 5. The van der Waals surface area contributed by atoms with Gasteiger partial charge in [-0.1, -0.05) is 54.1 Å². The molecule has 0 bridgehead atoms. The third-order valence-electron chi connectivity index (χ3n) is 6.53. The Morgan fingerprint density at radius 2 is 1.64 bits per heavy atom. The Morgan fingerprint density at radius 1 is 0.939 bits per heavy atom. The van der Waals surface area contributed by atoms with Crippen LogP contribution in [0, 0.1) is 5.92 Å². The number of aromatic hydroxyl groups is 1. The van der Waals surface area contributed by atoms with E-state index in [1.807, 2.05) is 12.1 Å². The minimum atomic E-state index is 0.169. The summed E-state index contributed by atoms with van der Waals surface area (Å²) in [6, 6.07) is 15.8. The van der Waals surface area contributed by atoms with E-state index in [2.05, 4.69) is 53.5 Å². The number of likely N-dealkylation sites (tertiary alicyclic amines) is 1. The molecular weight excluding hydrogens is 410 g/mol. The van der Waals surface area contributed by atoms with Gasteiger partial charge in [-0.25, -0.2) is 0 Å². The fourth-order valence-electron chi connectivity index (χ4n) is 4.79. The van der Waals surface area contributed by atoms with Crippen molar-refractivity contribution in [1.29, 1.82) is 0 Å². The Bertz CT molecular complexity index is 967. The highest BCUT2D eigenvalue weighted by molar-refractivity contribution is 5.83. The van der Waals surface area contributed by atoms with Crippen molar-refractivity contribution in [3.63, 3.8) is 0 Å². The van der Waals surface area contributed by atoms with Gasteiger partial charge in [0.15, 0.2) is 0 Å². The summed E-state index contributed by atoms with van der Waals surface area (Å²) in [6.45, 7) is 4.23. The normalized spacial score (nSPS) is 19.0. The Morgan fingerprint density at radius 3 is 2.27 bits per heavy atom. The number of hydrogen-bond donors (Lipinski definition) is 2. The molecule has 2 aromatic carbocycles. The molecule has 0 spiro atoms. The zero-order valence-electron chi connectivity index (χ0n) is 19.3. The third-order valence-corrected chi connectivity index (χ3v) is 6.53. The molecule has 2 N–H and O–H groups in total. The van der Waals surface area contributed by atoms with Gasteiger partial charge in [0.05, 0.1) is 0 Å². The van der Waals surface area contributed by atoms with Crippen molar-refractivity contribution in [1.82, 2.24) is 4.90 Å². The predicted molar refractivity (Wildman–Crippen MR) is 134 cm³/mol. The van der Waals surface area contributed by atoms with Gasteiger partial charge >= 0.3 is 0 Å². The van der Waals surface area contributed by atoms with E-state index < -0.39 is 0 Å². The standard InChI is InChI=1S/C29H35NO3/c31-21-6-9-28(23-7-2-1-3-8-23)29(24-10-14-26(32)15-11-24)25-12-16-27(17-13-25)33-22-20-30-18-4-5-19-30/h1-3,7,10-17,23,31-32H,4-6,8-9,18-22H2/b29-28-/t23-/m1/s1. The van der Waals surface area contributed by atoms with Gasteiger partial charge in [0.25, 0.3) is 0 Å². The fourth-order valence-corrected chi connectivity index (χ4v) is 4.79. The van der Waals surface area contributed by atoms with Crippen LogP contribution in [0.3, 0.4) is 0 Å². The molecule has 0 saturated carbocycles. The monoisotopic (exact) mass is 445 g/mol. The smallest absolute Gasteiger partial charge is 0.119 e. The highest BCUT2D eigenvalue weighted by atomic mass is 16.5. The number of benzene rings is 2. The van der Waals surface area contributed by atoms with Crippen molar-refractivity contribution in [2.45, 2.75) is 32.1 Å². The zero-order valence-corrected chi connectivity index (χ0v) is 19.3. The molecule has 4 rings (SSSR count). The Hall–Kier alpha value is -2.82. The van der Waals surface area contributed by atoms with Gasteiger partial charge in [-0.15, -0.1) is 0 Å². The lowest BCUT2D eigenvalue weighted by Gasteiger charge is -2.23. The second-order valence-corrected chi connectivity index (χ2v) is 8.85. The molecule has 1 aliphatic heterocycles. The number of aliphatic hydroxyl groups is 1. The number of hydrogen-bond acceptors (Lipinski definition) is 4. The van der Waals surface area contributed by atoms with Gasteiger partial charge in [-0.2, -0.15) is 0 Å². The number of phenolic OH excluding ortho intramolecular Hbond substituents is 1. The fraction of sp³-hybridized carbons (Fsp3) is 0.379. The number of phenols is 1. The predicted octanol–water partition coefficient (Wildman–Crippen LogP) is 5.57. The van der Waals surface area contributed by atoms with Gasteiger partial charge in [0.1, 0.15) is 18.1 Å². The zero-order chi connectivity index (χ0) is 22.9. The van der Waals surface area contributed by atoms with Crippen LogP contribution in [0.5, 0.6) is 11.5 Å². The molecule has 2 aromatic rings. The molecule has 1 heterocycles. The van der Waals surface area contributed by atoms with Gasteiger partial charge in [-0.3, -0.25) is 4.90 Å². The summed E-state index contributed by atoms with van der Waals surface area (Å²) in [5, 5.41) is 19.4. The summed E-state index contributed by atoms with van der Waals surface area (Å²) in [7, 11) is 0. The van der Waals surface area contributed by atoms with Crippen LogP contribution in [0.2, 0.25) is 0 Å². The lowest BCUT2D eigenvalue weighted by Crippen LogP contribution is -2.25. The topological polar surface area (TPSA) is 52.9 Å². The van der Waals surface area contributed by atoms with Crippen molar-refractivity contribution in [2.75, 3.05) is 32.8 Å². The van der Waals surface area contributed by atoms with Crippen LogP contribution in [0.4, 0.5) is 0 Å². The summed E-state index contributed by atoms with van der Waals surface area (Å²) in [6.07, 6.45) is 13.8. The maximum atomic E-state index is 9.85. The minimum absolute atomic E-state index is 0.169. The van der Waals surface area contributed by atoms with E-state index in [0.29, 0.717) is 12.5 Å². The van der Waals surface area contributed by atoms with Gasteiger partial charge in [0, 0.05) is 19.1 Å². The molecule has 0 unspecified atom stereocenters. The molecule has 33 heavy (non-hydrogen) atoms. The van der Waals surface area contributed by atoms with E-state index in [1.165, 1.54) is 37.1 Å². The maximum absolute atomic E-state index is 9.85. The lowest BCUT2D eigenvalue weighted by molar-refractivity contribution is 0.238. The van der Waals surface area contributed by atoms with Crippen LogP contribution in [0.15, 0.2) is 78.4 Å². The summed E-state index contributed by atoms with van der Waals surface area (Å²) in [5.74, 6) is 1.44. The molecule has 2 aliphatic rings. The van der Waals surface area contributed by atoms with Crippen LogP contribution in [-0.2, 0) is 0 Å². The maximum Gasteiger partial charge on any atom is 0.119 e. The first kappa shape index (κ1) is 23.3. The van der Waals surface area contributed by atoms with Crippen molar-refractivity contribution in [2.24, 2.45) is 5.92 Å².